The van der Waals surface area contributed by atoms with Crippen molar-refractivity contribution >= 4 is 27.3 Å². The van der Waals surface area contributed by atoms with Crippen LogP contribution in [-0.4, -0.2) is 18.2 Å². The first-order chi connectivity index (χ1) is 11.4. The Morgan fingerprint density at radius 2 is 1.92 bits per heavy atom. The summed E-state index contributed by atoms with van der Waals surface area (Å²) in [5.41, 5.74) is 2.69. The number of benzene rings is 2. The fourth-order valence-electron chi connectivity index (χ4n) is 2.33. The highest BCUT2D eigenvalue weighted by Crippen LogP contribution is 2.18. The molecular weight excluding hydrogens is 346 g/mol. The molecular formula is C17H16ClN3O2S. The molecule has 0 aliphatic rings. The van der Waals surface area contributed by atoms with Gasteiger partial charge in [-0.05, 0) is 36.8 Å². The molecule has 0 bridgehead atoms. The number of nitrogens with one attached hydrogen (secondary N) is 1. The van der Waals surface area contributed by atoms with Crippen molar-refractivity contribution in [3.63, 3.8) is 0 Å². The van der Waals surface area contributed by atoms with Gasteiger partial charge in [0.1, 0.15) is 0 Å². The Kier molecular flexibility index (Phi) is 4.59. The van der Waals surface area contributed by atoms with Crippen molar-refractivity contribution in [3.8, 4) is 0 Å². The average molecular weight is 362 g/mol. The van der Waals surface area contributed by atoms with Crippen LogP contribution in [0.25, 0.3) is 0 Å². The molecule has 1 aromatic heterocycles. The van der Waals surface area contributed by atoms with Gasteiger partial charge >= 0.3 is 0 Å². The van der Waals surface area contributed by atoms with Crippen molar-refractivity contribution in [1.29, 1.82) is 0 Å². The smallest absolute Gasteiger partial charge is 0.261 e. The molecule has 2 aromatic carbocycles. The largest absolute Gasteiger partial charge is 0.276 e. The summed E-state index contributed by atoms with van der Waals surface area (Å²) in [6.45, 7) is 2.60. The first kappa shape index (κ1) is 16.5. The first-order valence-electron chi connectivity index (χ1n) is 7.29. The number of sulfonamides is 1. The van der Waals surface area contributed by atoms with E-state index in [0.29, 0.717) is 17.3 Å². The molecule has 0 aliphatic heterocycles. The molecule has 0 aliphatic carbocycles. The molecule has 7 heteroatoms. The Morgan fingerprint density at radius 3 is 2.62 bits per heavy atom. The van der Waals surface area contributed by atoms with Crippen LogP contribution >= 0.6 is 11.6 Å². The van der Waals surface area contributed by atoms with Crippen molar-refractivity contribution in [2.45, 2.75) is 18.4 Å². The van der Waals surface area contributed by atoms with Crippen LogP contribution in [0.5, 0.6) is 0 Å². The van der Waals surface area contributed by atoms with Crippen molar-refractivity contribution < 1.29 is 8.42 Å². The molecule has 0 radical (unpaired) electrons. The molecule has 24 heavy (non-hydrogen) atoms. The third-order valence-corrected chi connectivity index (χ3v) is 5.09. The highest BCUT2D eigenvalue weighted by molar-refractivity contribution is 7.92. The number of nitrogens with zero attached hydrogens (tertiary/aromatic N) is 2. The normalized spacial score (nSPS) is 11.4. The highest BCUT2D eigenvalue weighted by Gasteiger charge is 2.15. The molecule has 5 nitrogen and oxygen atoms in total. The number of anilines is 1. The lowest BCUT2D eigenvalue weighted by Gasteiger charge is -2.06. The van der Waals surface area contributed by atoms with Gasteiger partial charge in [0.05, 0.1) is 23.3 Å². The second-order valence-corrected chi connectivity index (χ2v) is 7.59. The molecule has 0 saturated carbocycles. The Balaban J connectivity index is 1.75. The van der Waals surface area contributed by atoms with Crippen LogP contribution < -0.4 is 4.72 Å². The highest BCUT2D eigenvalue weighted by atomic mass is 35.5. The lowest BCUT2D eigenvalue weighted by atomic mass is 10.1. The van der Waals surface area contributed by atoms with E-state index >= 15 is 0 Å². The minimum Gasteiger partial charge on any atom is -0.276 e. The lowest BCUT2D eigenvalue weighted by molar-refractivity contribution is 0.601. The van der Waals surface area contributed by atoms with E-state index in [0.717, 1.165) is 5.56 Å². The van der Waals surface area contributed by atoms with Crippen LogP contribution in [0, 0.1) is 6.92 Å². The van der Waals surface area contributed by atoms with Gasteiger partial charge < -0.3 is 0 Å². The molecule has 0 unspecified atom stereocenters. The van der Waals surface area contributed by atoms with E-state index in [4.69, 9.17) is 11.6 Å². The summed E-state index contributed by atoms with van der Waals surface area (Å²) in [5, 5.41) is 4.69. The minimum atomic E-state index is -3.66. The zero-order valence-electron chi connectivity index (χ0n) is 13.0. The van der Waals surface area contributed by atoms with E-state index in [1.807, 2.05) is 25.1 Å². The molecule has 0 amide bonds. The molecule has 1 N–H and O–H groups in total. The van der Waals surface area contributed by atoms with Crippen molar-refractivity contribution in [2.24, 2.45) is 0 Å². The van der Waals surface area contributed by atoms with Crippen LogP contribution in [-0.2, 0) is 16.6 Å². The predicted molar refractivity (Wildman–Crippen MR) is 94.8 cm³/mol. The number of halogens is 1. The summed E-state index contributed by atoms with van der Waals surface area (Å²) in [5.74, 6) is 0. The van der Waals surface area contributed by atoms with Gasteiger partial charge in [0, 0.05) is 11.2 Å². The van der Waals surface area contributed by atoms with E-state index in [-0.39, 0.29) is 4.90 Å². The van der Waals surface area contributed by atoms with Gasteiger partial charge in [-0.15, -0.1) is 0 Å². The van der Waals surface area contributed by atoms with Crippen LogP contribution in [0.15, 0.2) is 65.8 Å². The maximum atomic E-state index is 12.3. The maximum absolute atomic E-state index is 12.3. The molecule has 124 valence electrons. The van der Waals surface area contributed by atoms with E-state index < -0.39 is 10.0 Å². The molecule has 3 rings (SSSR count). The van der Waals surface area contributed by atoms with Gasteiger partial charge in [-0.1, -0.05) is 41.4 Å². The van der Waals surface area contributed by atoms with Crippen molar-refractivity contribution in [2.75, 3.05) is 4.72 Å². The Morgan fingerprint density at radius 1 is 1.17 bits per heavy atom. The zero-order chi connectivity index (χ0) is 17.2. The Labute approximate surface area is 145 Å². The van der Waals surface area contributed by atoms with Crippen LogP contribution in [0.1, 0.15) is 11.1 Å². The first-order valence-corrected chi connectivity index (χ1v) is 9.15. The maximum Gasteiger partial charge on any atom is 0.261 e. The number of rotatable bonds is 5. The van der Waals surface area contributed by atoms with Gasteiger partial charge in [0.2, 0.25) is 0 Å². The third kappa shape index (κ3) is 3.96. The van der Waals surface area contributed by atoms with Gasteiger partial charge in [-0.2, -0.15) is 5.10 Å². The average Bonchev–Trinajstić information content (AvgIpc) is 2.94. The van der Waals surface area contributed by atoms with E-state index in [1.165, 1.54) is 36.0 Å². The molecule has 1 heterocycles. The van der Waals surface area contributed by atoms with Crippen LogP contribution in [0.3, 0.4) is 0 Å². The summed E-state index contributed by atoms with van der Waals surface area (Å²) in [6.07, 6.45) is 3.15. The van der Waals surface area contributed by atoms with Crippen LogP contribution in [0.2, 0.25) is 5.02 Å². The van der Waals surface area contributed by atoms with E-state index in [2.05, 4.69) is 15.9 Å². The van der Waals surface area contributed by atoms with Crippen molar-refractivity contribution in [1.82, 2.24) is 9.78 Å². The number of aromatic nitrogens is 2. The minimum absolute atomic E-state index is 0.151. The standard InChI is InChI=1S/C17H16ClN3O2S/c1-13-3-2-4-14(9-13)11-21-12-16(10-19-21)20-24(22,23)17-7-5-15(18)6-8-17/h2-10,12,20H,11H2,1H3. The second-order valence-electron chi connectivity index (χ2n) is 5.48. The molecule has 0 atom stereocenters. The SMILES string of the molecule is Cc1cccc(Cn2cc(NS(=O)(=O)c3ccc(Cl)cc3)cn2)c1. The van der Waals surface area contributed by atoms with Gasteiger partial charge in [0.25, 0.3) is 10.0 Å². The summed E-state index contributed by atoms with van der Waals surface area (Å²) in [4.78, 5) is 0.151. The summed E-state index contributed by atoms with van der Waals surface area (Å²) in [6, 6.07) is 14.1. The summed E-state index contributed by atoms with van der Waals surface area (Å²) < 4.78 is 28.9. The number of hydrogen-bond acceptors (Lipinski definition) is 3. The molecule has 0 spiro atoms. The summed E-state index contributed by atoms with van der Waals surface area (Å²) in [7, 11) is -3.66. The van der Waals surface area contributed by atoms with Crippen molar-refractivity contribution in [3.05, 3.63) is 77.1 Å². The Bertz CT molecular complexity index is 950. The molecule has 0 saturated heterocycles. The van der Waals surface area contributed by atoms with Gasteiger partial charge in [-0.3, -0.25) is 9.40 Å². The molecule has 0 fully saturated rings. The number of aryl methyl sites for hydroxylation is 1. The van der Waals surface area contributed by atoms with E-state index in [9.17, 15) is 8.42 Å². The molecule has 3 aromatic rings. The van der Waals surface area contributed by atoms with Gasteiger partial charge in [0.15, 0.2) is 0 Å². The van der Waals surface area contributed by atoms with Gasteiger partial charge in [-0.25, -0.2) is 8.42 Å². The summed E-state index contributed by atoms with van der Waals surface area (Å²) >= 11 is 5.78. The third-order valence-electron chi connectivity index (χ3n) is 3.44. The Hall–Kier alpha value is -2.31. The zero-order valence-corrected chi connectivity index (χ0v) is 14.6. The monoisotopic (exact) mass is 361 g/mol. The fraction of sp³-hybridized carbons (Fsp3) is 0.118. The quantitative estimate of drug-likeness (QED) is 0.753. The van der Waals surface area contributed by atoms with Crippen LogP contribution in [0.4, 0.5) is 5.69 Å². The second kappa shape index (κ2) is 6.67. The topological polar surface area (TPSA) is 64.0 Å². The van der Waals surface area contributed by atoms with E-state index in [1.54, 1.807) is 10.9 Å². The predicted octanol–water partition coefficient (Wildman–Crippen LogP) is 3.69. The number of hydrogen-bond donors (Lipinski definition) is 1. The fourth-order valence-corrected chi connectivity index (χ4v) is 3.48. The lowest BCUT2D eigenvalue weighted by Crippen LogP contribution is -2.12.